The topological polar surface area (TPSA) is 56.7 Å². The standard InChI is InChI=1S/C37H20N4OS/c1-2-12-23-22(11-1)30-24-13-3-6-16-27(24)41(34(30)31-26-15-5-8-18-29(26)43-36(23)31)37-39-32(21-10-9-19-38-20-21)35-33(40-37)25-14-4-7-17-28(25)42-35/h1-20H. The summed E-state index contributed by atoms with van der Waals surface area (Å²) >= 11 is 1.85. The van der Waals surface area contributed by atoms with Crippen LogP contribution in [0.25, 0.3) is 92.0 Å². The first-order chi connectivity index (χ1) is 21.3. The Morgan fingerprint density at radius 3 is 2.23 bits per heavy atom. The van der Waals surface area contributed by atoms with Gasteiger partial charge >= 0.3 is 0 Å². The predicted octanol–water partition coefficient (Wildman–Crippen LogP) is 10.1. The van der Waals surface area contributed by atoms with Gasteiger partial charge in [-0.05, 0) is 41.8 Å². The summed E-state index contributed by atoms with van der Waals surface area (Å²) in [6.07, 6.45) is 3.61. The molecule has 200 valence electrons. The molecule has 0 unspecified atom stereocenters. The van der Waals surface area contributed by atoms with Gasteiger partial charge in [-0.15, -0.1) is 11.3 Å². The highest BCUT2D eigenvalue weighted by Crippen LogP contribution is 2.47. The van der Waals surface area contributed by atoms with Gasteiger partial charge in [0.15, 0.2) is 5.58 Å². The molecule has 10 aromatic rings. The molecule has 6 heteroatoms. The monoisotopic (exact) mass is 568 g/mol. The van der Waals surface area contributed by atoms with Crippen LogP contribution in [0, 0.1) is 0 Å². The Balaban J connectivity index is 1.48. The van der Waals surface area contributed by atoms with Crippen molar-refractivity contribution in [3.8, 4) is 17.2 Å². The Hall–Kier alpha value is -5.59. The summed E-state index contributed by atoms with van der Waals surface area (Å²) in [5.41, 5.74) is 6.03. The molecule has 0 aliphatic heterocycles. The van der Waals surface area contributed by atoms with E-state index in [1.165, 1.54) is 41.7 Å². The van der Waals surface area contributed by atoms with Crippen LogP contribution < -0.4 is 0 Å². The minimum atomic E-state index is 0.607. The SMILES string of the molecule is c1cncc(-c2nc(-n3c4ccccc4c4c5ccccc5c5sc6ccccc6c5c43)nc3c2oc2ccccc23)c1. The van der Waals surface area contributed by atoms with Gasteiger partial charge in [-0.2, -0.15) is 0 Å². The third kappa shape index (κ3) is 3.07. The Labute approximate surface area is 248 Å². The number of fused-ring (bicyclic) bond motifs is 13. The van der Waals surface area contributed by atoms with Crippen LogP contribution in [0.15, 0.2) is 126 Å². The number of nitrogens with zero attached hydrogens (tertiary/aromatic N) is 4. The van der Waals surface area contributed by atoms with Gasteiger partial charge in [-0.25, -0.2) is 9.97 Å². The van der Waals surface area contributed by atoms with Gasteiger partial charge < -0.3 is 4.42 Å². The number of para-hydroxylation sites is 2. The van der Waals surface area contributed by atoms with Crippen molar-refractivity contribution in [3.63, 3.8) is 0 Å². The second-order valence-electron chi connectivity index (χ2n) is 10.8. The summed E-state index contributed by atoms with van der Waals surface area (Å²) in [4.78, 5) is 15.0. The van der Waals surface area contributed by atoms with Crippen LogP contribution in [0.4, 0.5) is 0 Å². The number of thiophene rings is 1. The Bertz CT molecular complexity index is 2740. The van der Waals surface area contributed by atoms with Crippen LogP contribution in [0.3, 0.4) is 0 Å². The van der Waals surface area contributed by atoms with Gasteiger partial charge in [0.05, 0.1) is 11.0 Å². The van der Waals surface area contributed by atoms with Crippen molar-refractivity contribution >= 4 is 86.2 Å². The van der Waals surface area contributed by atoms with E-state index in [-0.39, 0.29) is 0 Å². The fourth-order valence-electron chi connectivity index (χ4n) is 6.70. The number of benzene rings is 5. The van der Waals surface area contributed by atoms with Crippen molar-refractivity contribution in [1.82, 2.24) is 19.5 Å². The Morgan fingerprint density at radius 1 is 0.628 bits per heavy atom. The van der Waals surface area contributed by atoms with Gasteiger partial charge in [-0.1, -0.05) is 72.8 Å². The highest BCUT2D eigenvalue weighted by molar-refractivity contribution is 7.27. The third-order valence-electron chi connectivity index (χ3n) is 8.49. The normalized spacial score (nSPS) is 12.2. The van der Waals surface area contributed by atoms with Gasteiger partial charge in [0, 0.05) is 59.7 Å². The summed E-state index contributed by atoms with van der Waals surface area (Å²) in [5.74, 6) is 0.607. The molecule has 0 bridgehead atoms. The van der Waals surface area contributed by atoms with E-state index < -0.39 is 0 Å². The molecule has 5 nitrogen and oxygen atoms in total. The van der Waals surface area contributed by atoms with Crippen molar-refractivity contribution in [3.05, 3.63) is 122 Å². The van der Waals surface area contributed by atoms with E-state index in [1.54, 1.807) is 6.20 Å². The summed E-state index contributed by atoms with van der Waals surface area (Å²) in [7, 11) is 0. The summed E-state index contributed by atoms with van der Waals surface area (Å²) < 4.78 is 11.2. The molecular formula is C37H20N4OS. The molecule has 10 rings (SSSR count). The molecule has 0 aliphatic carbocycles. The maximum atomic E-state index is 6.40. The summed E-state index contributed by atoms with van der Waals surface area (Å²) in [5, 5.41) is 8.32. The van der Waals surface area contributed by atoms with Crippen molar-refractivity contribution < 1.29 is 4.42 Å². The van der Waals surface area contributed by atoms with Gasteiger partial charge in [0.1, 0.15) is 16.8 Å². The molecule has 0 atom stereocenters. The lowest BCUT2D eigenvalue weighted by molar-refractivity contribution is 0.666. The maximum Gasteiger partial charge on any atom is 0.236 e. The fourth-order valence-corrected chi connectivity index (χ4v) is 7.95. The third-order valence-corrected chi connectivity index (χ3v) is 9.70. The molecule has 5 heterocycles. The molecule has 5 aromatic heterocycles. The molecule has 0 N–H and O–H groups in total. The second kappa shape index (κ2) is 8.47. The number of pyridine rings is 1. The Morgan fingerprint density at radius 2 is 1.37 bits per heavy atom. The van der Waals surface area contributed by atoms with Crippen LogP contribution in [0.2, 0.25) is 0 Å². The van der Waals surface area contributed by atoms with E-state index in [1.807, 2.05) is 47.9 Å². The molecule has 0 saturated heterocycles. The first-order valence-corrected chi connectivity index (χ1v) is 15.0. The number of aromatic nitrogens is 4. The van der Waals surface area contributed by atoms with Crippen molar-refractivity contribution in [2.24, 2.45) is 0 Å². The zero-order valence-corrected chi connectivity index (χ0v) is 23.5. The average molecular weight is 569 g/mol. The van der Waals surface area contributed by atoms with E-state index in [2.05, 4.69) is 88.4 Å². The van der Waals surface area contributed by atoms with Crippen molar-refractivity contribution in [2.75, 3.05) is 0 Å². The smallest absolute Gasteiger partial charge is 0.236 e. The minimum absolute atomic E-state index is 0.607. The quantitative estimate of drug-likeness (QED) is 0.208. The molecule has 0 saturated carbocycles. The van der Waals surface area contributed by atoms with Gasteiger partial charge in [0.2, 0.25) is 5.95 Å². The zero-order chi connectivity index (χ0) is 28.1. The minimum Gasteiger partial charge on any atom is -0.452 e. The first kappa shape index (κ1) is 23.0. The lowest BCUT2D eigenvalue weighted by Crippen LogP contribution is -2.03. The number of furan rings is 1. The molecule has 0 amide bonds. The highest BCUT2D eigenvalue weighted by atomic mass is 32.1. The fraction of sp³-hybridized carbons (Fsp3) is 0. The van der Waals surface area contributed by atoms with Crippen molar-refractivity contribution in [1.29, 1.82) is 0 Å². The number of hydrogen-bond donors (Lipinski definition) is 0. The van der Waals surface area contributed by atoms with E-state index in [0.29, 0.717) is 11.5 Å². The first-order valence-electron chi connectivity index (χ1n) is 14.2. The van der Waals surface area contributed by atoms with Gasteiger partial charge in [-0.3, -0.25) is 9.55 Å². The van der Waals surface area contributed by atoms with E-state index in [0.717, 1.165) is 38.8 Å². The lowest BCUT2D eigenvalue weighted by Gasteiger charge is -2.11. The lowest BCUT2D eigenvalue weighted by atomic mass is 10.00. The molecule has 0 spiro atoms. The molecule has 5 aromatic carbocycles. The van der Waals surface area contributed by atoms with Crippen LogP contribution in [-0.4, -0.2) is 19.5 Å². The largest absolute Gasteiger partial charge is 0.452 e. The van der Waals surface area contributed by atoms with Crippen LogP contribution in [-0.2, 0) is 0 Å². The summed E-state index contributed by atoms with van der Waals surface area (Å²) in [6, 6.07) is 38.1. The number of rotatable bonds is 2. The summed E-state index contributed by atoms with van der Waals surface area (Å²) in [6.45, 7) is 0. The predicted molar refractivity (Wildman–Crippen MR) is 177 cm³/mol. The highest BCUT2D eigenvalue weighted by Gasteiger charge is 2.25. The van der Waals surface area contributed by atoms with Gasteiger partial charge in [0.25, 0.3) is 0 Å². The van der Waals surface area contributed by atoms with E-state index in [4.69, 9.17) is 14.4 Å². The molecule has 0 aliphatic rings. The van der Waals surface area contributed by atoms with Crippen LogP contribution in [0.5, 0.6) is 0 Å². The Kier molecular flexibility index (Phi) is 4.54. The van der Waals surface area contributed by atoms with Crippen LogP contribution >= 0.6 is 11.3 Å². The average Bonchev–Trinajstić information content (AvgIpc) is 3.75. The molecular weight excluding hydrogens is 549 g/mol. The van der Waals surface area contributed by atoms with Crippen LogP contribution in [0.1, 0.15) is 0 Å². The number of hydrogen-bond acceptors (Lipinski definition) is 5. The molecule has 0 radical (unpaired) electrons. The van der Waals surface area contributed by atoms with E-state index in [9.17, 15) is 0 Å². The zero-order valence-electron chi connectivity index (χ0n) is 22.7. The molecule has 0 fully saturated rings. The van der Waals surface area contributed by atoms with Crippen molar-refractivity contribution in [2.45, 2.75) is 0 Å². The molecule has 43 heavy (non-hydrogen) atoms. The second-order valence-corrected chi connectivity index (χ2v) is 11.9. The maximum absolute atomic E-state index is 6.40. The van der Waals surface area contributed by atoms with E-state index >= 15 is 0 Å².